The summed E-state index contributed by atoms with van der Waals surface area (Å²) in [7, 11) is 0. The van der Waals surface area contributed by atoms with Crippen LogP contribution in [0.2, 0.25) is 0 Å². The third kappa shape index (κ3) is 3.32. The van der Waals surface area contributed by atoms with Crippen LogP contribution >= 0.6 is 0 Å². The molecule has 2 nitrogen and oxygen atoms in total. The van der Waals surface area contributed by atoms with Crippen molar-refractivity contribution in [3.8, 4) is 0 Å². The number of nitrogens with one attached hydrogen (secondary N) is 1. The SMILES string of the molecule is Cc1ccc(NC=CC(=O)c2ccccc2)cc1. The average Bonchev–Trinajstić information content (AvgIpc) is 2.42. The molecule has 0 bridgehead atoms. The van der Waals surface area contributed by atoms with Gasteiger partial charge >= 0.3 is 0 Å². The summed E-state index contributed by atoms with van der Waals surface area (Å²) < 4.78 is 0. The first-order chi connectivity index (χ1) is 8.75. The van der Waals surface area contributed by atoms with Crippen LogP contribution in [0.15, 0.2) is 66.9 Å². The Bertz CT molecular complexity index is 541. The van der Waals surface area contributed by atoms with Gasteiger partial charge < -0.3 is 5.32 Å². The molecule has 2 heteroatoms. The molecule has 2 aromatic rings. The van der Waals surface area contributed by atoms with Crippen molar-refractivity contribution < 1.29 is 4.79 Å². The Morgan fingerprint density at radius 1 is 1.00 bits per heavy atom. The lowest BCUT2D eigenvalue weighted by molar-refractivity contribution is 0.104. The predicted octanol–water partition coefficient (Wildman–Crippen LogP) is 3.80. The second-order valence-electron chi connectivity index (χ2n) is 4.07. The van der Waals surface area contributed by atoms with Gasteiger partial charge in [-0.05, 0) is 19.1 Å². The minimum Gasteiger partial charge on any atom is -0.362 e. The molecule has 0 fully saturated rings. The molecule has 0 unspecified atom stereocenters. The van der Waals surface area contributed by atoms with E-state index in [9.17, 15) is 4.79 Å². The zero-order valence-electron chi connectivity index (χ0n) is 10.3. The average molecular weight is 237 g/mol. The molecule has 0 aliphatic rings. The first-order valence-corrected chi connectivity index (χ1v) is 5.85. The van der Waals surface area contributed by atoms with Crippen molar-refractivity contribution >= 4 is 11.5 Å². The normalized spacial score (nSPS) is 10.5. The van der Waals surface area contributed by atoms with Crippen LogP contribution in [0.4, 0.5) is 5.69 Å². The zero-order valence-corrected chi connectivity index (χ0v) is 10.3. The van der Waals surface area contributed by atoms with Crippen LogP contribution in [0.3, 0.4) is 0 Å². The summed E-state index contributed by atoms with van der Waals surface area (Å²) >= 11 is 0. The van der Waals surface area contributed by atoms with Crippen molar-refractivity contribution in [3.63, 3.8) is 0 Å². The summed E-state index contributed by atoms with van der Waals surface area (Å²) in [4.78, 5) is 11.8. The van der Waals surface area contributed by atoms with Crippen molar-refractivity contribution in [2.75, 3.05) is 5.32 Å². The predicted molar refractivity (Wildman–Crippen MR) is 74.7 cm³/mol. The second-order valence-corrected chi connectivity index (χ2v) is 4.07. The highest BCUT2D eigenvalue weighted by Crippen LogP contribution is 2.08. The standard InChI is InChI=1S/C16H15NO/c1-13-7-9-15(10-8-13)17-12-11-16(18)14-5-3-2-4-6-14/h2-12,17H,1H3. The van der Waals surface area contributed by atoms with E-state index in [2.05, 4.69) is 5.32 Å². The molecule has 0 aromatic heterocycles. The maximum absolute atomic E-state index is 11.8. The largest absolute Gasteiger partial charge is 0.362 e. The maximum Gasteiger partial charge on any atom is 0.187 e. The molecule has 0 atom stereocenters. The summed E-state index contributed by atoms with van der Waals surface area (Å²) in [5.41, 5.74) is 2.88. The van der Waals surface area contributed by atoms with Gasteiger partial charge in [0.2, 0.25) is 0 Å². The van der Waals surface area contributed by atoms with Gasteiger partial charge in [0, 0.05) is 23.5 Å². The Labute approximate surface area is 107 Å². The number of rotatable bonds is 4. The van der Waals surface area contributed by atoms with Crippen LogP contribution in [0.1, 0.15) is 15.9 Å². The number of aryl methyl sites for hydroxylation is 1. The first kappa shape index (κ1) is 12.1. The molecule has 0 aliphatic heterocycles. The van der Waals surface area contributed by atoms with E-state index >= 15 is 0 Å². The number of ketones is 1. The van der Waals surface area contributed by atoms with E-state index < -0.39 is 0 Å². The fraction of sp³-hybridized carbons (Fsp3) is 0.0625. The molecule has 18 heavy (non-hydrogen) atoms. The van der Waals surface area contributed by atoms with Gasteiger partial charge in [0.25, 0.3) is 0 Å². The number of carbonyl (C=O) groups is 1. The molecule has 0 aliphatic carbocycles. The topological polar surface area (TPSA) is 29.1 Å². The van der Waals surface area contributed by atoms with Gasteiger partial charge in [0.15, 0.2) is 5.78 Å². The molecule has 0 spiro atoms. The minimum atomic E-state index is -0.00443. The molecule has 0 radical (unpaired) electrons. The molecule has 0 saturated carbocycles. The Kier molecular flexibility index (Phi) is 3.92. The summed E-state index contributed by atoms with van der Waals surface area (Å²) in [6.07, 6.45) is 3.20. The zero-order chi connectivity index (χ0) is 12.8. The number of allylic oxidation sites excluding steroid dienone is 1. The van der Waals surface area contributed by atoms with E-state index in [-0.39, 0.29) is 5.78 Å². The Hall–Kier alpha value is -2.35. The van der Waals surface area contributed by atoms with Gasteiger partial charge in [-0.3, -0.25) is 4.79 Å². The molecule has 0 saturated heterocycles. The van der Waals surface area contributed by atoms with E-state index in [4.69, 9.17) is 0 Å². The van der Waals surface area contributed by atoms with E-state index in [1.54, 1.807) is 18.3 Å². The number of anilines is 1. The number of benzene rings is 2. The van der Waals surface area contributed by atoms with Gasteiger partial charge in [0.05, 0.1) is 0 Å². The lowest BCUT2D eigenvalue weighted by Crippen LogP contribution is -1.95. The van der Waals surface area contributed by atoms with Gasteiger partial charge in [0.1, 0.15) is 0 Å². The molecule has 90 valence electrons. The van der Waals surface area contributed by atoms with Crippen molar-refractivity contribution in [1.29, 1.82) is 0 Å². The number of hydrogen-bond donors (Lipinski definition) is 1. The lowest BCUT2D eigenvalue weighted by atomic mass is 10.1. The first-order valence-electron chi connectivity index (χ1n) is 5.85. The smallest absolute Gasteiger partial charge is 0.187 e. The molecule has 0 heterocycles. The molecule has 1 N–H and O–H groups in total. The monoisotopic (exact) mass is 237 g/mol. The van der Waals surface area contributed by atoms with Crippen molar-refractivity contribution in [3.05, 3.63) is 78.0 Å². The highest BCUT2D eigenvalue weighted by molar-refractivity contribution is 6.04. The van der Waals surface area contributed by atoms with Crippen molar-refractivity contribution in [2.45, 2.75) is 6.92 Å². The summed E-state index contributed by atoms with van der Waals surface area (Å²) in [6.45, 7) is 2.04. The molecule has 2 rings (SSSR count). The maximum atomic E-state index is 11.8. The van der Waals surface area contributed by atoms with Crippen LogP contribution in [-0.4, -0.2) is 5.78 Å². The summed E-state index contributed by atoms with van der Waals surface area (Å²) in [5.74, 6) is -0.00443. The summed E-state index contributed by atoms with van der Waals surface area (Å²) in [5, 5.41) is 3.07. The molecule has 0 amide bonds. The van der Waals surface area contributed by atoms with E-state index in [1.807, 2.05) is 49.4 Å². The fourth-order valence-corrected chi connectivity index (χ4v) is 1.56. The Balaban J connectivity index is 1.96. The van der Waals surface area contributed by atoms with E-state index in [1.165, 1.54) is 11.6 Å². The summed E-state index contributed by atoms with van der Waals surface area (Å²) in [6, 6.07) is 17.2. The van der Waals surface area contributed by atoms with Gasteiger partial charge in [-0.15, -0.1) is 0 Å². The van der Waals surface area contributed by atoms with Gasteiger partial charge in [-0.2, -0.15) is 0 Å². The van der Waals surface area contributed by atoms with Crippen LogP contribution < -0.4 is 5.32 Å². The fourth-order valence-electron chi connectivity index (χ4n) is 1.56. The van der Waals surface area contributed by atoms with Gasteiger partial charge in [-0.25, -0.2) is 0 Å². The molecular weight excluding hydrogens is 222 g/mol. The third-order valence-electron chi connectivity index (χ3n) is 2.59. The van der Waals surface area contributed by atoms with Gasteiger partial charge in [-0.1, -0.05) is 48.0 Å². The number of hydrogen-bond acceptors (Lipinski definition) is 2. The highest BCUT2D eigenvalue weighted by atomic mass is 16.1. The highest BCUT2D eigenvalue weighted by Gasteiger charge is 1.98. The quantitative estimate of drug-likeness (QED) is 0.647. The van der Waals surface area contributed by atoms with Crippen LogP contribution in [-0.2, 0) is 0 Å². The van der Waals surface area contributed by atoms with Crippen LogP contribution in [0, 0.1) is 6.92 Å². The second kappa shape index (κ2) is 5.82. The molecule has 2 aromatic carbocycles. The number of carbonyl (C=O) groups excluding carboxylic acids is 1. The van der Waals surface area contributed by atoms with Crippen LogP contribution in [0.5, 0.6) is 0 Å². The van der Waals surface area contributed by atoms with Crippen molar-refractivity contribution in [1.82, 2.24) is 0 Å². The lowest BCUT2D eigenvalue weighted by Gasteiger charge is -2.00. The minimum absolute atomic E-state index is 0.00443. The Morgan fingerprint density at radius 3 is 2.33 bits per heavy atom. The van der Waals surface area contributed by atoms with E-state index in [0.29, 0.717) is 5.56 Å². The third-order valence-corrected chi connectivity index (χ3v) is 2.59. The molecular formula is C16H15NO. The van der Waals surface area contributed by atoms with E-state index in [0.717, 1.165) is 5.69 Å². The van der Waals surface area contributed by atoms with Crippen LogP contribution in [0.25, 0.3) is 0 Å². The van der Waals surface area contributed by atoms with Crippen molar-refractivity contribution in [2.24, 2.45) is 0 Å². The Morgan fingerprint density at radius 2 is 1.67 bits per heavy atom.